The molecule has 2 bridgehead atoms. The number of anilines is 2. The monoisotopic (exact) mass is 847 g/mol. The Hall–Kier alpha value is -5.45. The number of hydrogen-bond donors (Lipinski definition) is 2. The summed E-state index contributed by atoms with van der Waals surface area (Å²) in [7, 11) is 0. The van der Waals surface area contributed by atoms with Crippen molar-refractivity contribution in [2.75, 3.05) is 49.5 Å². The predicted molar refractivity (Wildman–Crippen MR) is 232 cm³/mol. The summed E-state index contributed by atoms with van der Waals surface area (Å²) in [5.41, 5.74) is 3.53. The van der Waals surface area contributed by atoms with Gasteiger partial charge in [-0.3, -0.25) is 39.1 Å². The Kier molecular flexibility index (Phi) is 13.2. The van der Waals surface area contributed by atoms with Gasteiger partial charge in [-0.15, -0.1) is 0 Å². The van der Waals surface area contributed by atoms with Crippen LogP contribution in [0.2, 0.25) is 5.02 Å². The summed E-state index contributed by atoms with van der Waals surface area (Å²) in [5, 5.41) is 15.1. The van der Waals surface area contributed by atoms with E-state index < -0.39 is 23.8 Å². The van der Waals surface area contributed by atoms with Crippen LogP contribution in [0.25, 0.3) is 0 Å². The van der Waals surface area contributed by atoms with Gasteiger partial charge in [0.2, 0.25) is 11.8 Å². The van der Waals surface area contributed by atoms with Crippen LogP contribution in [0.1, 0.15) is 120 Å². The van der Waals surface area contributed by atoms with Gasteiger partial charge in [0.15, 0.2) is 0 Å². The first-order valence-electron chi connectivity index (χ1n) is 22.0. The molecule has 4 saturated heterocycles. The predicted octanol–water partition coefficient (Wildman–Crippen LogP) is 6.79. The number of nitrogens with one attached hydrogen (secondary N) is 2. The van der Waals surface area contributed by atoms with Crippen LogP contribution in [0.5, 0.6) is 5.75 Å². The van der Waals surface area contributed by atoms with Crippen LogP contribution in [0.4, 0.5) is 11.4 Å². The number of rotatable bonds is 16. The van der Waals surface area contributed by atoms with Gasteiger partial charge in [-0.05, 0) is 87.2 Å². The van der Waals surface area contributed by atoms with E-state index in [0.717, 1.165) is 93.8 Å². The van der Waals surface area contributed by atoms with Crippen LogP contribution >= 0.6 is 11.6 Å². The average molecular weight is 848 g/mol. The number of imide groups is 2. The van der Waals surface area contributed by atoms with Gasteiger partial charge in [0, 0.05) is 87.1 Å². The second-order valence-electron chi connectivity index (χ2n) is 17.0. The number of unbranched alkanes of at least 4 members (excludes halogenated alkanes) is 6. The molecule has 0 aliphatic carbocycles. The number of hydrogen-bond acceptors (Lipinski definition) is 10. The fourth-order valence-electron chi connectivity index (χ4n) is 9.83. The minimum Gasteiger partial charge on any atom is -0.490 e. The highest BCUT2D eigenvalue weighted by molar-refractivity contribution is 6.31. The summed E-state index contributed by atoms with van der Waals surface area (Å²) < 4.78 is 6.27. The molecule has 2 N–H and O–H groups in total. The highest BCUT2D eigenvalue weighted by Gasteiger charge is 2.46. The number of ether oxygens (including phenoxy) is 1. The Morgan fingerprint density at radius 2 is 1.54 bits per heavy atom. The molecule has 3 atom stereocenters. The molecule has 0 aromatic heterocycles. The number of halogens is 1. The molecule has 3 aromatic rings. The SMILES string of the molecule is N#Cc1ccc(OC2CC3CCC(C2)N3C(=O)c2ccc(N3CCN(CCCCCCCCCNc4cccc5c4C(=O)N(C4CCC(=O)NC4=O)C5=O)CC3)cc2)cc1Cl. The van der Waals surface area contributed by atoms with Crippen LogP contribution in [0.3, 0.4) is 0 Å². The zero-order chi connectivity index (χ0) is 42.5. The van der Waals surface area contributed by atoms with E-state index in [4.69, 9.17) is 16.3 Å². The molecule has 8 rings (SSSR count). The highest BCUT2D eigenvalue weighted by atomic mass is 35.5. The molecule has 13 nitrogen and oxygen atoms in total. The Bertz CT molecular complexity index is 2170. The molecule has 5 aliphatic rings. The third kappa shape index (κ3) is 9.41. The molecule has 61 heavy (non-hydrogen) atoms. The lowest BCUT2D eigenvalue weighted by molar-refractivity contribution is -0.136. The van der Waals surface area contributed by atoms with E-state index in [1.54, 1.807) is 36.4 Å². The number of carbonyl (C=O) groups excluding carboxylic acids is 5. The van der Waals surface area contributed by atoms with E-state index in [9.17, 15) is 29.2 Å². The number of benzene rings is 3. The average Bonchev–Trinajstić information content (AvgIpc) is 3.68. The van der Waals surface area contributed by atoms with E-state index in [1.165, 1.54) is 25.7 Å². The molecular formula is C47H54ClN7O6. The molecule has 0 saturated carbocycles. The largest absolute Gasteiger partial charge is 0.490 e. The molecule has 320 valence electrons. The topological polar surface area (TPSA) is 155 Å². The van der Waals surface area contributed by atoms with Gasteiger partial charge in [-0.25, -0.2) is 0 Å². The van der Waals surface area contributed by atoms with Gasteiger partial charge < -0.3 is 19.9 Å². The molecule has 0 spiro atoms. The summed E-state index contributed by atoms with van der Waals surface area (Å²) in [6, 6.07) is 19.9. The molecule has 5 amide bonds. The van der Waals surface area contributed by atoms with Gasteiger partial charge in [0.05, 0.1) is 21.7 Å². The van der Waals surface area contributed by atoms with E-state index in [0.29, 0.717) is 34.1 Å². The van der Waals surface area contributed by atoms with E-state index in [1.807, 2.05) is 12.1 Å². The van der Waals surface area contributed by atoms with Gasteiger partial charge in [-0.2, -0.15) is 5.26 Å². The maximum absolute atomic E-state index is 13.7. The lowest BCUT2D eigenvalue weighted by Gasteiger charge is -2.39. The summed E-state index contributed by atoms with van der Waals surface area (Å²) >= 11 is 6.22. The van der Waals surface area contributed by atoms with Crippen molar-refractivity contribution in [3.63, 3.8) is 0 Å². The summed E-state index contributed by atoms with van der Waals surface area (Å²) in [6.45, 7) is 5.79. The molecule has 5 heterocycles. The van der Waals surface area contributed by atoms with Crippen LogP contribution in [-0.4, -0.2) is 108 Å². The van der Waals surface area contributed by atoms with Crippen molar-refractivity contribution in [2.45, 2.75) is 108 Å². The van der Waals surface area contributed by atoms with Crippen LogP contribution < -0.4 is 20.3 Å². The quantitative estimate of drug-likeness (QED) is 0.116. The minimum atomic E-state index is -0.970. The fraction of sp³-hybridized carbons (Fsp3) is 0.489. The second kappa shape index (κ2) is 19.1. The smallest absolute Gasteiger partial charge is 0.264 e. The van der Waals surface area contributed by atoms with Gasteiger partial charge in [0.1, 0.15) is 24.0 Å². The number of piperazine rings is 1. The molecule has 3 aromatic carbocycles. The van der Waals surface area contributed by atoms with Crippen LogP contribution in [0.15, 0.2) is 60.7 Å². The van der Waals surface area contributed by atoms with Crippen molar-refractivity contribution in [3.8, 4) is 11.8 Å². The first-order valence-corrected chi connectivity index (χ1v) is 22.4. The minimum absolute atomic E-state index is 0.0116. The third-order valence-electron chi connectivity index (χ3n) is 13.1. The Labute approximate surface area is 362 Å². The van der Waals surface area contributed by atoms with E-state index in [2.05, 4.69) is 43.5 Å². The number of amides is 5. The zero-order valence-electron chi connectivity index (χ0n) is 34.6. The summed E-state index contributed by atoms with van der Waals surface area (Å²) in [5.74, 6) is -1.21. The van der Waals surface area contributed by atoms with Crippen molar-refractivity contribution in [2.24, 2.45) is 0 Å². The molecule has 4 fully saturated rings. The first-order chi connectivity index (χ1) is 29.7. The lowest BCUT2D eigenvalue weighted by Crippen LogP contribution is -2.54. The highest BCUT2D eigenvalue weighted by Crippen LogP contribution is 2.39. The van der Waals surface area contributed by atoms with Crippen molar-refractivity contribution in [1.82, 2.24) is 20.0 Å². The fourth-order valence-corrected chi connectivity index (χ4v) is 10.0. The molecular weight excluding hydrogens is 794 g/mol. The van der Waals surface area contributed by atoms with Gasteiger partial charge >= 0.3 is 0 Å². The number of fused-ring (bicyclic) bond motifs is 3. The number of carbonyl (C=O) groups is 5. The van der Waals surface area contributed by atoms with Crippen molar-refractivity contribution in [3.05, 3.63) is 87.9 Å². The molecule has 14 heteroatoms. The van der Waals surface area contributed by atoms with E-state index in [-0.39, 0.29) is 48.4 Å². The van der Waals surface area contributed by atoms with Crippen molar-refractivity contribution < 1.29 is 28.7 Å². The zero-order valence-corrected chi connectivity index (χ0v) is 35.3. The van der Waals surface area contributed by atoms with Crippen molar-refractivity contribution >= 4 is 52.5 Å². The molecule has 5 aliphatic heterocycles. The first kappa shape index (κ1) is 42.2. The molecule has 3 unspecified atom stereocenters. The maximum Gasteiger partial charge on any atom is 0.264 e. The number of nitrogens with zero attached hydrogens (tertiary/aromatic N) is 5. The Morgan fingerprint density at radius 1 is 0.836 bits per heavy atom. The maximum atomic E-state index is 13.7. The number of nitriles is 1. The Balaban J connectivity index is 0.686. The molecule has 0 radical (unpaired) electrons. The summed E-state index contributed by atoms with van der Waals surface area (Å²) in [6.07, 6.45) is 11.7. The normalized spacial score (nSPS) is 22.6. The Morgan fingerprint density at radius 3 is 2.23 bits per heavy atom. The number of piperidine rings is 2. The lowest BCUT2D eigenvalue weighted by atomic mass is 9.98. The van der Waals surface area contributed by atoms with E-state index >= 15 is 0 Å². The third-order valence-corrected chi connectivity index (χ3v) is 13.4. The van der Waals surface area contributed by atoms with Crippen LogP contribution in [0, 0.1) is 11.3 Å². The second-order valence-corrected chi connectivity index (χ2v) is 17.4. The standard InChI is InChI=1S/C47H54ClN7O6/c48-39-29-36(18-13-32(39)30-49)61-37-27-34-16-17-35(28-37)54(34)45(58)31-11-14-33(15-12-31)53-25-23-52(24-26-53)22-7-5-3-1-2-4-6-21-50-40-10-8-9-38-43(40)47(60)55(46(38)59)41-19-20-42(56)51-44(41)57/h8-15,18,29,34-35,37,41,50H,1-7,16-17,19-28H2,(H,51,56,57). The van der Waals surface area contributed by atoms with Crippen molar-refractivity contribution in [1.29, 1.82) is 5.26 Å². The van der Waals surface area contributed by atoms with Crippen LogP contribution in [-0.2, 0) is 9.59 Å². The van der Waals surface area contributed by atoms with Gasteiger partial charge in [0.25, 0.3) is 17.7 Å². The summed E-state index contributed by atoms with van der Waals surface area (Å²) in [4.78, 5) is 72.2. The van der Waals surface area contributed by atoms with Gasteiger partial charge in [-0.1, -0.05) is 49.8 Å².